The van der Waals surface area contributed by atoms with E-state index in [0.717, 1.165) is 28.2 Å². The number of aryl methyl sites for hydroxylation is 1. The molecule has 1 aliphatic heterocycles. The van der Waals surface area contributed by atoms with Gasteiger partial charge in [-0.25, -0.2) is 4.40 Å². The van der Waals surface area contributed by atoms with Crippen molar-refractivity contribution in [3.63, 3.8) is 0 Å². The van der Waals surface area contributed by atoms with E-state index in [4.69, 9.17) is 11.6 Å². The molecule has 3 heterocycles. The molecule has 1 N–H and O–H groups in total. The average Bonchev–Trinajstić information content (AvgIpc) is 3.29. The third kappa shape index (κ3) is 2.32. The van der Waals surface area contributed by atoms with E-state index in [0.29, 0.717) is 31.5 Å². The van der Waals surface area contributed by atoms with Gasteiger partial charge in [0.05, 0.1) is 11.3 Å². The van der Waals surface area contributed by atoms with Gasteiger partial charge in [0, 0.05) is 16.1 Å². The molecule has 2 aromatic carbocycles. The van der Waals surface area contributed by atoms with Crippen LogP contribution in [0, 0.1) is 6.92 Å². The maximum Gasteiger partial charge on any atom is 0.277 e. The van der Waals surface area contributed by atoms with Crippen molar-refractivity contribution in [2.75, 3.05) is 5.32 Å². The maximum absolute atomic E-state index is 13.2. The van der Waals surface area contributed by atoms with E-state index < -0.39 is 0 Å². The molecule has 0 unspecified atom stereocenters. The van der Waals surface area contributed by atoms with E-state index in [1.54, 1.807) is 18.2 Å². The van der Waals surface area contributed by atoms with Crippen molar-refractivity contribution in [2.24, 2.45) is 0 Å². The zero-order chi connectivity index (χ0) is 18.7. The average molecular weight is 395 g/mol. The number of anilines is 1. The standard InChI is InChI=1S/C19H11ClN4O2S/c1-9-4-2-7-12-13(17(25)21-14(9)12)15-18(26)24-16(22-23-19(24)27-15)10-5-3-6-11(20)8-10/h2-8H,1H3,(H,21,25)/b15-13-. The van der Waals surface area contributed by atoms with Gasteiger partial charge in [-0.1, -0.05) is 53.3 Å². The summed E-state index contributed by atoms with van der Waals surface area (Å²) in [7, 11) is 0. The van der Waals surface area contributed by atoms with Crippen LogP contribution in [0.15, 0.2) is 47.3 Å². The Bertz CT molecular complexity index is 1370. The summed E-state index contributed by atoms with van der Waals surface area (Å²) in [6, 6.07) is 12.7. The molecule has 132 valence electrons. The van der Waals surface area contributed by atoms with Gasteiger partial charge in [0.2, 0.25) is 4.96 Å². The van der Waals surface area contributed by atoms with Crippen molar-refractivity contribution in [3.8, 4) is 11.4 Å². The lowest BCUT2D eigenvalue weighted by atomic mass is 10.0. The lowest BCUT2D eigenvalue weighted by Crippen LogP contribution is -2.28. The van der Waals surface area contributed by atoms with Gasteiger partial charge in [-0.3, -0.25) is 9.59 Å². The highest BCUT2D eigenvalue weighted by Gasteiger charge is 2.28. The molecule has 0 saturated heterocycles. The predicted molar refractivity (Wildman–Crippen MR) is 105 cm³/mol. The molecule has 6 nitrogen and oxygen atoms in total. The Labute approximate surface area is 161 Å². The number of para-hydroxylation sites is 1. The molecular formula is C19H11ClN4O2S. The summed E-state index contributed by atoms with van der Waals surface area (Å²) in [5, 5.41) is 11.7. The van der Waals surface area contributed by atoms with Crippen LogP contribution >= 0.6 is 22.9 Å². The van der Waals surface area contributed by atoms with Crippen LogP contribution in [0.25, 0.3) is 21.9 Å². The molecule has 0 saturated carbocycles. The number of fused-ring (bicyclic) bond motifs is 2. The van der Waals surface area contributed by atoms with Crippen LogP contribution in [0.3, 0.4) is 0 Å². The Hall–Kier alpha value is -3.03. The Morgan fingerprint density at radius 1 is 1.11 bits per heavy atom. The Morgan fingerprint density at radius 3 is 2.74 bits per heavy atom. The maximum atomic E-state index is 13.2. The zero-order valence-corrected chi connectivity index (χ0v) is 15.6. The van der Waals surface area contributed by atoms with Crippen LogP contribution in [-0.4, -0.2) is 20.5 Å². The molecule has 0 aliphatic carbocycles. The summed E-state index contributed by atoms with van der Waals surface area (Å²) in [6.45, 7) is 1.92. The van der Waals surface area contributed by atoms with Gasteiger partial charge in [-0.2, -0.15) is 0 Å². The molecule has 0 spiro atoms. The predicted octanol–water partition coefficient (Wildman–Crippen LogP) is 2.65. The fraction of sp³-hybridized carbons (Fsp3) is 0.0526. The molecule has 8 heteroatoms. The molecule has 4 aromatic rings. The number of carbonyl (C=O) groups is 1. The Kier molecular flexibility index (Phi) is 3.43. The largest absolute Gasteiger partial charge is 0.321 e. The van der Waals surface area contributed by atoms with E-state index >= 15 is 0 Å². The molecule has 2 aromatic heterocycles. The first kappa shape index (κ1) is 16.2. The second-order valence-electron chi connectivity index (χ2n) is 6.21. The molecule has 0 radical (unpaired) electrons. The van der Waals surface area contributed by atoms with Crippen molar-refractivity contribution in [2.45, 2.75) is 6.92 Å². The summed E-state index contributed by atoms with van der Waals surface area (Å²) in [4.78, 5) is 26.2. The number of hydrogen-bond donors (Lipinski definition) is 1. The summed E-state index contributed by atoms with van der Waals surface area (Å²) >= 11 is 7.22. The van der Waals surface area contributed by atoms with Crippen molar-refractivity contribution >= 4 is 45.1 Å². The summed E-state index contributed by atoms with van der Waals surface area (Å²) in [5.41, 5.74) is 3.19. The van der Waals surface area contributed by atoms with Crippen LogP contribution in [0.2, 0.25) is 5.02 Å². The minimum atomic E-state index is -0.311. The van der Waals surface area contributed by atoms with E-state index in [2.05, 4.69) is 15.5 Å². The lowest BCUT2D eigenvalue weighted by Gasteiger charge is -2.00. The number of hydrogen-bond acceptors (Lipinski definition) is 5. The van der Waals surface area contributed by atoms with E-state index in [9.17, 15) is 9.59 Å². The molecule has 1 amide bonds. The quantitative estimate of drug-likeness (QED) is 0.538. The van der Waals surface area contributed by atoms with Crippen molar-refractivity contribution in [1.82, 2.24) is 14.6 Å². The van der Waals surface area contributed by atoms with Crippen LogP contribution in [0.1, 0.15) is 11.1 Å². The van der Waals surface area contributed by atoms with E-state index in [1.807, 2.05) is 31.2 Å². The summed E-state index contributed by atoms with van der Waals surface area (Å²) in [6.07, 6.45) is 0. The van der Waals surface area contributed by atoms with Gasteiger partial charge in [-0.05, 0) is 24.6 Å². The van der Waals surface area contributed by atoms with Gasteiger partial charge in [0.1, 0.15) is 4.53 Å². The van der Waals surface area contributed by atoms with Gasteiger partial charge < -0.3 is 5.32 Å². The number of nitrogens with zero attached hydrogens (tertiary/aromatic N) is 3. The van der Waals surface area contributed by atoms with Crippen LogP contribution in [-0.2, 0) is 4.79 Å². The highest BCUT2D eigenvalue weighted by atomic mass is 35.5. The normalized spacial score (nSPS) is 15.3. The molecule has 27 heavy (non-hydrogen) atoms. The monoisotopic (exact) mass is 394 g/mol. The van der Waals surface area contributed by atoms with Gasteiger partial charge in [0.25, 0.3) is 11.5 Å². The number of amides is 1. The number of nitrogens with one attached hydrogen (secondary N) is 1. The van der Waals surface area contributed by atoms with Gasteiger partial charge in [-0.15, -0.1) is 10.2 Å². The number of benzene rings is 2. The fourth-order valence-corrected chi connectivity index (χ4v) is 4.49. The Balaban J connectivity index is 1.84. The van der Waals surface area contributed by atoms with Crippen LogP contribution in [0.4, 0.5) is 5.69 Å². The summed E-state index contributed by atoms with van der Waals surface area (Å²) in [5.74, 6) is 0.127. The minimum Gasteiger partial charge on any atom is -0.321 e. The second kappa shape index (κ2) is 5.73. The topological polar surface area (TPSA) is 76.4 Å². The highest BCUT2D eigenvalue weighted by Crippen LogP contribution is 2.32. The van der Waals surface area contributed by atoms with Crippen molar-refractivity contribution in [1.29, 1.82) is 0 Å². The molecule has 1 aliphatic rings. The lowest BCUT2D eigenvalue weighted by molar-refractivity contribution is -0.110. The molecule has 0 bridgehead atoms. The number of thiazole rings is 1. The number of rotatable bonds is 1. The Morgan fingerprint density at radius 2 is 1.93 bits per heavy atom. The van der Waals surface area contributed by atoms with Crippen molar-refractivity contribution < 1.29 is 4.79 Å². The first-order valence-electron chi connectivity index (χ1n) is 8.14. The second-order valence-corrected chi connectivity index (χ2v) is 7.63. The fourth-order valence-electron chi connectivity index (χ4n) is 3.29. The number of aromatic nitrogens is 3. The van der Waals surface area contributed by atoms with Crippen molar-refractivity contribution in [3.05, 3.63) is 73.5 Å². The molecule has 0 fully saturated rings. The third-order valence-corrected chi connectivity index (χ3v) is 5.81. The highest BCUT2D eigenvalue weighted by molar-refractivity contribution is 7.15. The first-order valence-corrected chi connectivity index (χ1v) is 9.33. The molecular weight excluding hydrogens is 384 g/mol. The first-order chi connectivity index (χ1) is 13.0. The van der Waals surface area contributed by atoms with Crippen LogP contribution in [0.5, 0.6) is 0 Å². The van der Waals surface area contributed by atoms with E-state index in [1.165, 1.54) is 4.40 Å². The number of halogens is 1. The summed E-state index contributed by atoms with van der Waals surface area (Å²) < 4.78 is 1.78. The molecule has 0 atom stereocenters. The number of carbonyl (C=O) groups excluding carboxylic acids is 1. The zero-order valence-electron chi connectivity index (χ0n) is 14.0. The van der Waals surface area contributed by atoms with E-state index in [-0.39, 0.29) is 11.5 Å². The van der Waals surface area contributed by atoms with Gasteiger partial charge >= 0.3 is 0 Å². The molecule has 5 rings (SSSR count). The third-order valence-electron chi connectivity index (χ3n) is 4.54. The smallest absolute Gasteiger partial charge is 0.277 e. The van der Waals surface area contributed by atoms with Gasteiger partial charge in [0.15, 0.2) is 5.82 Å². The SMILES string of the molecule is Cc1cccc2c1NC(=O)/C2=c1\sc2nnc(-c3cccc(Cl)c3)n2c1=O. The minimum absolute atomic E-state index is 0.279. The van der Waals surface area contributed by atoms with Crippen LogP contribution < -0.4 is 15.4 Å².